The van der Waals surface area contributed by atoms with Crippen LogP contribution in [-0.2, 0) is 0 Å². The lowest BCUT2D eigenvalue weighted by Gasteiger charge is -2.10. The summed E-state index contributed by atoms with van der Waals surface area (Å²) >= 11 is 5.11. The number of nitrogens with zero attached hydrogens (tertiary/aromatic N) is 3. The van der Waals surface area contributed by atoms with Gasteiger partial charge < -0.3 is 0 Å². The predicted molar refractivity (Wildman–Crippen MR) is 67.5 cm³/mol. The van der Waals surface area contributed by atoms with Gasteiger partial charge in [-0.3, -0.25) is 9.67 Å². The Morgan fingerprint density at radius 3 is 2.78 bits per heavy atom. The maximum atomic E-state index is 14.0. The summed E-state index contributed by atoms with van der Waals surface area (Å²) in [6.45, 7) is 3.89. The highest BCUT2D eigenvalue weighted by Gasteiger charge is 2.15. The lowest BCUT2D eigenvalue weighted by molar-refractivity contribution is 0.610. The van der Waals surface area contributed by atoms with E-state index in [2.05, 4.69) is 10.2 Å². The molecule has 0 unspecified atom stereocenters. The second-order valence-electron chi connectivity index (χ2n) is 4.16. The van der Waals surface area contributed by atoms with Crippen LogP contribution >= 0.6 is 12.2 Å². The Morgan fingerprint density at radius 1 is 1.50 bits per heavy atom. The molecule has 1 heterocycles. The van der Waals surface area contributed by atoms with Crippen LogP contribution in [0.4, 0.5) is 4.39 Å². The van der Waals surface area contributed by atoms with Gasteiger partial charge in [0.25, 0.3) is 0 Å². The van der Waals surface area contributed by atoms with E-state index in [0.29, 0.717) is 16.3 Å². The Labute approximate surface area is 109 Å². The molecule has 0 aliphatic carbocycles. The van der Waals surface area contributed by atoms with Crippen LogP contribution in [0.5, 0.6) is 0 Å². The minimum atomic E-state index is -0.492. The number of benzene rings is 1. The van der Waals surface area contributed by atoms with Crippen molar-refractivity contribution >= 4 is 12.2 Å². The van der Waals surface area contributed by atoms with E-state index in [1.807, 2.05) is 19.9 Å². The topological polar surface area (TPSA) is 57.4 Å². The second-order valence-corrected chi connectivity index (χ2v) is 4.54. The third kappa shape index (κ3) is 2.05. The smallest absolute Gasteiger partial charge is 0.199 e. The van der Waals surface area contributed by atoms with Crippen molar-refractivity contribution in [1.29, 1.82) is 5.26 Å². The molecule has 92 valence electrons. The van der Waals surface area contributed by atoms with E-state index < -0.39 is 5.82 Å². The first-order valence-electron chi connectivity index (χ1n) is 5.42. The molecule has 0 aliphatic rings. The van der Waals surface area contributed by atoms with Crippen LogP contribution in [0.25, 0.3) is 5.69 Å². The van der Waals surface area contributed by atoms with Crippen LogP contribution < -0.4 is 0 Å². The molecule has 0 aliphatic heterocycles. The van der Waals surface area contributed by atoms with Gasteiger partial charge in [-0.15, -0.1) is 0 Å². The van der Waals surface area contributed by atoms with Crippen molar-refractivity contribution in [3.63, 3.8) is 0 Å². The largest absolute Gasteiger partial charge is 0.269 e. The van der Waals surface area contributed by atoms with E-state index in [0.717, 1.165) is 0 Å². The third-order valence-electron chi connectivity index (χ3n) is 2.53. The lowest BCUT2D eigenvalue weighted by Crippen LogP contribution is -2.05. The molecular formula is C12H11FN4S. The summed E-state index contributed by atoms with van der Waals surface area (Å²) in [6.07, 6.45) is 0. The number of aromatic nitrogens is 3. The number of halogens is 1. The number of rotatable bonds is 2. The Hall–Kier alpha value is -2.00. The molecule has 18 heavy (non-hydrogen) atoms. The van der Waals surface area contributed by atoms with Crippen LogP contribution in [0, 0.1) is 21.9 Å². The predicted octanol–water partition coefficient (Wildman–Crippen LogP) is 3.06. The first-order valence-corrected chi connectivity index (χ1v) is 5.82. The minimum absolute atomic E-state index is 0.105. The average Bonchev–Trinajstić information content (AvgIpc) is 2.71. The quantitative estimate of drug-likeness (QED) is 0.846. The summed E-state index contributed by atoms with van der Waals surface area (Å²) < 4.78 is 15.9. The van der Waals surface area contributed by atoms with Gasteiger partial charge in [-0.1, -0.05) is 13.8 Å². The number of hydrogen-bond donors (Lipinski definition) is 1. The zero-order chi connectivity index (χ0) is 13.3. The fraction of sp³-hybridized carbons (Fsp3) is 0.250. The monoisotopic (exact) mass is 262 g/mol. The molecule has 1 N–H and O–H groups in total. The highest BCUT2D eigenvalue weighted by molar-refractivity contribution is 7.71. The average molecular weight is 262 g/mol. The van der Waals surface area contributed by atoms with Gasteiger partial charge in [0.1, 0.15) is 11.6 Å². The second kappa shape index (κ2) is 4.70. The molecule has 0 spiro atoms. The maximum absolute atomic E-state index is 14.0. The van der Waals surface area contributed by atoms with Crippen molar-refractivity contribution < 1.29 is 4.39 Å². The van der Waals surface area contributed by atoms with E-state index >= 15 is 0 Å². The molecule has 0 radical (unpaired) electrons. The summed E-state index contributed by atoms with van der Waals surface area (Å²) in [7, 11) is 0. The molecule has 0 amide bonds. The molecule has 0 fully saturated rings. The number of H-pyrrole nitrogens is 1. The van der Waals surface area contributed by atoms with Crippen LogP contribution in [0.1, 0.15) is 31.2 Å². The summed E-state index contributed by atoms with van der Waals surface area (Å²) in [5.41, 5.74) is 0.578. The molecule has 0 bridgehead atoms. The van der Waals surface area contributed by atoms with Crippen LogP contribution in [0.15, 0.2) is 18.2 Å². The molecular weight excluding hydrogens is 251 g/mol. The summed E-state index contributed by atoms with van der Waals surface area (Å²) in [6, 6.07) is 6.17. The van der Waals surface area contributed by atoms with Gasteiger partial charge in [0.15, 0.2) is 4.77 Å². The molecule has 0 atom stereocenters. The number of aromatic amines is 1. The van der Waals surface area contributed by atoms with Crippen LogP contribution in [0.3, 0.4) is 0 Å². The highest BCUT2D eigenvalue weighted by atomic mass is 32.1. The minimum Gasteiger partial charge on any atom is -0.269 e. The van der Waals surface area contributed by atoms with E-state index in [-0.39, 0.29) is 11.5 Å². The molecule has 1 aromatic carbocycles. The van der Waals surface area contributed by atoms with E-state index in [1.165, 1.54) is 12.1 Å². The van der Waals surface area contributed by atoms with E-state index in [9.17, 15) is 4.39 Å². The highest BCUT2D eigenvalue weighted by Crippen LogP contribution is 2.20. The molecule has 2 aromatic rings. The van der Waals surface area contributed by atoms with Crippen molar-refractivity contribution in [3.8, 4) is 11.8 Å². The van der Waals surface area contributed by atoms with Crippen LogP contribution in [0.2, 0.25) is 0 Å². The summed E-state index contributed by atoms with van der Waals surface area (Å²) in [4.78, 5) is 0. The third-order valence-corrected chi connectivity index (χ3v) is 2.81. The molecule has 6 heteroatoms. The van der Waals surface area contributed by atoms with Gasteiger partial charge >= 0.3 is 0 Å². The van der Waals surface area contributed by atoms with Gasteiger partial charge in [0, 0.05) is 5.92 Å². The molecule has 2 rings (SSSR count). The Balaban J connectivity index is 2.67. The molecule has 4 nitrogen and oxygen atoms in total. The van der Waals surface area contributed by atoms with Crippen molar-refractivity contribution in [2.24, 2.45) is 0 Å². The van der Waals surface area contributed by atoms with Gasteiger partial charge in [-0.25, -0.2) is 4.39 Å². The lowest BCUT2D eigenvalue weighted by atomic mass is 10.2. The molecule has 0 saturated heterocycles. The van der Waals surface area contributed by atoms with Gasteiger partial charge in [-0.2, -0.15) is 10.4 Å². The number of nitriles is 1. The Bertz CT molecular complexity index is 678. The fourth-order valence-corrected chi connectivity index (χ4v) is 1.92. The zero-order valence-electron chi connectivity index (χ0n) is 9.94. The van der Waals surface area contributed by atoms with Gasteiger partial charge in [0.2, 0.25) is 0 Å². The first kappa shape index (κ1) is 12.5. The van der Waals surface area contributed by atoms with Crippen LogP contribution in [-0.4, -0.2) is 14.8 Å². The fourth-order valence-electron chi connectivity index (χ4n) is 1.69. The Kier molecular flexibility index (Phi) is 3.26. The standard InChI is InChI=1S/C12H11FN4S/c1-7(2)11-15-16-12(18)17(11)10-4-3-8(6-14)5-9(10)13/h3-5,7H,1-2H3,(H,16,18). The number of hydrogen-bond acceptors (Lipinski definition) is 3. The SMILES string of the molecule is CC(C)c1n[nH]c(=S)n1-c1ccc(C#N)cc1F. The van der Waals surface area contributed by atoms with Crippen molar-refractivity contribution in [2.75, 3.05) is 0 Å². The van der Waals surface area contributed by atoms with Crippen molar-refractivity contribution in [1.82, 2.24) is 14.8 Å². The summed E-state index contributed by atoms with van der Waals surface area (Å²) in [5, 5.41) is 15.5. The normalized spacial score (nSPS) is 10.6. The summed E-state index contributed by atoms with van der Waals surface area (Å²) in [5.74, 6) is 0.269. The van der Waals surface area contributed by atoms with Crippen molar-refractivity contribution in [3.05, 3.63) is 40.2 Å². The van der Waals surface area contributed by atoms with E-state index in [4.69, 9.17) is 17.5 Å². The van der Waals surface area contributed by atoms with Gasteiger partial charge in [-0.05, 0) is 30.4 Å². The van der Waals surface area contributed by atoms with Gasteiger partial charge in [0.05, 0.1) is 17.3 Å². The zero-order valence-corrected chi connectivity index (χ0v) is 10.8. The van der Waals surface area contributed by atoms with E-state index in [1.54, 1.807) is 10.6 Å². The number of nitrogens with one attached hydrogen (secondary N) is 1. The van der Waals surface area contributed by atoms with Crippen molar-refractivity contribution in [2.45, 2.75) is 19.8 Å². The molecule has 0 saturated carbocycles. The Morgan fingerprint density at radius 2 is 2.22 bits per heavy atom. The maximum Gasteiger partial charge on any atom is 0.199 e. The first-order chi connectivity index (χ1) is 8.54. The molecule has 1 aromatic heterocycles.